The molecule has 0 bridgehead atoms. The summed E-state index contributed by atoms with van der Waals surface area (Å²) < 4.78 is 1.83. The van der Waals surface area contributed by atoms with E-state index in [-0.39, 0.29) is 5.91 Å². The van der Waals surface area contributed by atoms with Gasteiger partial charge in [-0.25, -0.2) is 0 Å². The van der Waals surface area contributed by atoms with Gasteiger partial charge in [0.2, 0.25) is 5.91 Å². The lowest BCUT2D eigenvalue weighted by molar-refractivity contribution is -0.121. The number of nitrogens with zero attached hydrogens (tertiary/aromatic N) is 2. The second-order valence-corrected chi connectivity index (χ2v) is 4.15. The number of unbranched alkanes of at least 4 members (excludes halogenated alkanes) is 1. The Bertz CT molecular complexity index is 325. The second-order valence-electron chi connectivity index (χ2n) is 3.78. The van der Waals surface area contributed by atoms with E-state index >= 15 is 0 Å². The Balaban J connectivity index is 2.08. The minimum atomic E-state index is 0.0917. The zero-order valence-corrected chi connectivity index (χ0v) is 10.3. The van der Waals surface area contributed by atoms with Crippen LogP contribution in [0.4, 0.5) is 0 Å². The largest absolute Gasteiger partial charge is 0.354 e. The Hall–Kier alpha value is -1.03. The summed E-state index contributed by atoms with van der Waals surface area (Å²) in [7, 11) is 0. The van der Waals surface area contributed by atoms with Crippen LogP contribution in [-0.2, 0) is 11.3 Å². The molecule has 0 unspecified atom stereocenters. The van der Waals surface area contributed by atoms with Crippen LogP contribution in [0.25, 0.3) is 0 Å². The zero-order valence-electron chi connectivity index (χ0n) is 9.58. The third-order valence-corrected chi connectivity index (χ3v) is 2.48. The molecule has 1 heterocycles. The quantitative estimate of drug-likeness (QED) is 0.586. The van der Waals surface area contributed by atoms with Crippen LogP contribution in [-0.4, -0.2) is 28.1 Å². The smallest absolute Gasteiger partial charge is 0.220 e. The van der Waals surface area contributed by atoms with E-state index in [9.17, 15) is 4.79 Å². The molecule has 0 aromatic carbocycles. The monoisotopic (exact) mass is 243 g/mol. The Morgan fingerprint density at radius 1 is 1.56 bits per heavy atom. The fraction of sp³-hybridized carbons (Fsp3) is 0.636. The maximum Gasteiger partial charge on any atom is 0.220 e. The average Bonchev–Trinajstić information content (AvgIpc) is 2.65. The van der Waals surface area contributed by atoms with Crippen molar-refractivity contribution in [3.63, 3.8) is 0 Å². The Labute approximate surface area is 101 Å². The van der Waals surface area contributed by atoms with E-state index in [0.29, 0.717) is 18.8 Å². The first-order valence-corrected chi connectivity index (χ1v) is 6.07. The molecule has 0 atom stereocenters. The molecule has 0 fully saturated rings. The topological polar surface area (TPSA) is 46.9 Å². The third kappa shape index (κ3) is 5.16. The van der Waals surface area contributed by atoms with Crippen LogP contribution >= 0.6 is 11.6 Å². The highest BCUT2D eigenvalue weighted by molar-refractivity contribution is 6.17. The van der Waals surface area contributed by atoms with E-state index in [1.165, 1.54) is 0 Å². The molecule has 0 spiro atoms. The first-order chi connectivity index (χ1) is 7.72. The van der Waals surface area contributed by atoms with Gasteiger partial charge in [0.1, 0.15) is 0 Å². The van der Waals surface area contributed by atoms with E-state index < -0.39 is 0 Å². The van der Waals surface area contributed by atoms with Crippen molar-refractivity contribution in [2.24, 2.45) is 0 Å². The van der Waals surface area contributed by atoms with Crippen LogP contribution < -0.4 is 5.32 Å². The molecule has 1 rings (SSSR count). The van der Waals surface area contributed by atoms with E-state index in [2.05, 4.69) is 10.4 Å². The van der Waals surface area contributed by atoms with E-state index in [4.69, 9.17) is 11.6 Å². The molecule has 0 saturated carbocycles. The van der Waals surface area contributed by atoms with E-state index in [1.807, 2.05) is 24.0 Å². The summed E-state index contributed by atoms with van der Waals surface area (Å²) in [5.74, 6) is 0.717. The minimum absolute atomic E-state index is 0.0917. The van der Waals surface area contributed by atoms with Crippen LogP contribution in [0, 0.1) is 6.92 Å². The van der Waals surface area contributed by atoms with Gasteiger partial charge >= 0.3 is 0 Å². The standard InChI is InChI=1S/C11H18ClN3O/c1-10-8-14-15(9-10)7-6-13-11(16)4-2-3-5-12/h8-9H,2-7H2,1H3,(H,13,16). The van der Waals surface area contributed by atoms with Gasteiger partial charge in [0, 0.05) is 25.0 Å². The highest BCUT2D eigenvalue weighted by Gasteiger charge is 2.00. The van der Waals surface area contributed by atoms with Gasteiger partial charge in [-0.3, -0.25) is 9.48 Å². The number of amides is 1. The summed E-state index contributed by atoms with van der Waals surface area (Å²) in [5, 5.41) is 6.99. The van der Waals surface area contributed by atoms with Crippen LogP contribution in [0.2, 0.25) is 0 Å². The van der Waals surface area contributed by atoms with Crippen molar-refractivity contribution in [1.82, 2.24) is 15.1 Å². The number of alkyl halides is 1. The lowest BCUT2D eigenvalue weighted by atomic mass is 10.2. The SMILES string of the molecule is Cc1cnn(CCNC(=O)CCCCCl)c1. The average molecular weight is 244 g/mol. The number of aromatic nitrogens is 2. The van der Waals surface area contributed by atoms with E-state index in [1.54, 1.807) is 0 Å². The fourth-order valence-electron chi connectivity index (χ4n) is 1.37. The predicted octanol–water partition coefficient (Wildman–Crippen LogP) is 1.72. The summed E-state index contributed by atoms with van der Waals surface area (Å²) in [4.78, 5) is 11.3. The van der Waals surface area contributed by atoms with Gasteiger partial charge in [-0.15, -0.1) is 11.6 Å². The molecule has 0 saturated heterocycles. The highest BCUT2D eigenvalue weighted by atomic mass is 35.5. The molecule has 1 aromatic rings. The summed E-state index contributed by atoms with van der Waals surface area (Å²) in [6.07, 6.45) is 6.08. The number of carbonyl (C=O) groups excluding carboxylic acids is 1. The number of halogens is 1. The van der Waals surface area contributed by atoms with Gasteiger partial charge in [0.05, 0.1) is 12.7 Å². The van der Waals surface area contributed by atoms with Crippen LogP contribution in [0.1, 0.15) is 24.8 Å². The fourth-order valence-corrected chi connectivity index (χ4v) is 1.56. The van der Waals surface area contributed by atoms with Gasteiger partial charge in [0.15, 0.2) is 0 Å². The number of hydrogen-bond acceptors (Lipinski definition) is 2. The van der Waals surface area contributed by atoms with Crippen molar-refractivity contribution in [2.45, 2.75) is 32.7 Å². The van der Waals surface area contributed by atoms with Gasteiger partial charge in [-0.1, -0.05) is 0 Å². The van der Waals surface area contributed by atoms with Gasteiger partial charge in [-0.05, 0) is 25.3 Å². The Morgan fingerprint density at radius 2 is 2.38 bits per heavy atom. The molecule has 1 N–H and O–H groups in total. The minimum Gasteiger partial charge on any atom is -0.354 e. The van der Waals surface area contributed by atoms with Crippen molar-refractivity contribution < 1.29 is 4.79 Å². The molecular formula is C11H18ClN3O. The molecule has 1 aromatic heterocycles. The molecule has 1 amide bonds. The first kappa shape index (κ1) is 13.0. The maximum absolute atomic E-state index is 11.3. The lowest BCUT2D eigenvalue weighted by Gasteiger charge is -2.04. The lowest BCUT2D eigenvalue weighted by Crippen LogP contribution is -2.27. The van der Waals surface area contributed by atoms with Gasteiger partial charge in [-0.2, -0.15) is 5.10 Å². The third-order valence-electron chi connectivity index (χ3n) is 2.21. The summed E-state index contributed by atoms with van der Waals surface area (Å²) in [5.41, 5.74) is 1.13. The summed E-state index contributed by atoms with van der Waals surface area (Å²) in [6, 6.07) is 0. The predicted molar refractivity (Wildman–Crippen MR) is 64.5 cm³/mol. The summed E-state index contributed by atoms with van der Waals surface area (Å²) in [6.45, 7) is 3.34. The second kappa shape index (κ2) is 7.28. The molecule has 16 heavy (non-hydrogen) atoms. The van der Waals surface area contributed by atoms with Crippen LogP contribution in [0.3, 0.4) is 0 Å². The van der Waals surface area contributed by atoms with Crippen molar-refractivity contribution in [1.29, 1.82) is 0 Å². The molecule has 90 valence electrons. The number of rotatable bonds is 7. The molecule has 0 aliphatic carbocycles. The van der Waals surface area contributed by atoms with Crippen molar-refractivity contribution >= 4 is 17.5 Å². The van der Waals surface area contributed by atoms with Crippen molar-refractivity contribution in [2.75, 3.05) is 12.4 Å². The van der Waals surface area contributed by atoms with E-state index in [0.717, 1.165) is 24.9 Å². The zero-order chi connectivity index (χ0) is 11.8. The highest BCUT2D eigenvalue weighted by Crippen LogP contribution is 1.97. The molecule has 5 heteroatoms. The molecular weight excluding hydrogens is 226 g/mol. The van der Waals surface area contributed by atoms with Crippen LogP contribution in [0.5, 0.6) is 0 Å². The number of carbonyl (C=O) groups is 1. The Kier molecular flexibility index (Phi) is 5.93. The molecule has 0 aliphatic rings. The molecule has 0 aliphatic heterocycles. The maximum atomic E-state index is 11.3. The molecule has 4 nitrogen and oxygen atoms in total. The summed E-state index contributed by atoms with van der Waals surface area (Å²) >= 11 is 5.53. The molecule has 0 radical (unpaired) electrons. The number of aryl methyl sites for hydroxylation is 1. The van der Waals surface area contributed by atoms with Crippen LogP contribution in [0.15, 0.2) is 12.4 Å². The van der Waals surface area contributed by atoms with Crippen molar-refractivity contribution in [3.05, 3.63) is 18.0 Å². The van der Waals surface area contributed by atoms with Gasteiger partial charge in [0.25, 0.3) is 0 Å². The number of nitrogens with one attached hydrogen (secondary N) is 1. The van der Waals surface area contributed by atoms with Gasteiger partial charge < -0.3 is 5.32 Å². The Morgan fingerprint density at radius 3 is 3.00 bits per heavy atom. The normalized spacial score (nSPS) is 10.4. The van der Waals surface area contributed by atoms with Crippen molar-refractivity contribution in [3.8, 4) is 0 Å². The number of hydrogen-bond donors (Lipinski definition) is 1. The first-order valence-electron chi connectivity index (χ1n) is 5.54.